The predicted molar refractivity (Wildman–Crippen MR) is 118 cm³/mol. The third-order valence-electron chi connectivity index (χ3n) is 5.86. The quantitative estimate of drug-likeness (QED) is 0.728. The van der Waals surface area contributed by atoms with Crippen LogP contribution in [0.15, 0.2) is 47.4 Å². The van der Waals surface area contributed by atoms with Crippen molar-refractivity contribution >= 4 is 21.6 Å². The van der Waals surface area contributed by atoms with Crippen LogP contribution in [0.1, 0.15) is 49.4 Å². The molecule has 8 heteroatoms. The Kier molecular flexibility index (Phi) is 6.36. The minimum atomic E-state index is -3.81. The summed E-state index contributed by atoms with van der Waals surface area (Å²) in [5, 5.41) is 3.11. The van der Waals surface area contributed by atoms with Crippen molar-refractivity contribution in [3.05, 3.63) is 48.0 Å². The molecule has 0 radical (unpaired) electrons. The highest BCUT2D eigenvalue weighted by atomic mass is 32.2. The molecule has 2 atom stereocenters. The highest BCUT2D eigenvalue weighted by molar-refractivity contribution is 7.92. The summed E-state index contributed by atoms with van der Waals surface area (Å²) in [6.07, 6.45) is 5.22. The SMILES string of the molecule is C[C@@H]1CCCC[C@H]1NC(=O)c1ccc(NS(=O)(=O)c2ccc3c(c2)OCCCO3)cc1. The number of anilines is 1. The van der Waals surface area contributed by atoms with Crippen LogP contribution in [0.25, 0.3) is 0 Å². The Hall–Kier alpha value is -2.74. The molecule has 166 valence electrons. The van der Waals surface area contributed by atoms with Gasteiger partial charge in [-0.1, -0.05) is 19.8 Å². The van der Waals surface area contributed by atoms with Crippen LogP contribution < -0.4 is 19.5 Å². The van der Waals surface area contributed by atoms with Crippen molar-refractivity contribution in [2.45, 2.75) is 50.0 Å². The Labute approximate surface area is 183 Å². The summed E-state index contributed by atoms with van der Waals surface area (Å²) in [7, 11) is -3.81. The molecule has 1 heterocycles. The first-order chi connectivity index (χ1) is 14.9. The number of rotatable bonds is 5. The third-order valence-corrected chi connectivity index (χ3v) is 7.24. The molecule has 2 aliphatic rings. The Morgan fingerprint density at radius 2 is 1.65 bits per heavy atom. The first-order valence-electron chi connectivity index (χ1n) is 10.8. The number of ether oxygens (including phenoxy) is 2. The smallest absolute Gasteiger partial charge is 0.262 e. The van der Waals surface area contributed by atoms with E-state index < -0.39 is 10.0 Å². The van der Waals surface area contributed by atoms with Crippen LogP contribution >= 0.6 is 0 Å². The molecule has 0 aromatic heterocycles. The minimum absolute atomic E-state index is 0.0878. The zero-order valence-electron chi connectivity index (χ0n) is 17.6. The van der Waals surface area contributed by atoms with Crippen LogP contribution in [0.4, 0.5) is 5.69 Å². The van der Waals surface area contributed by atoms with Gasteiger partial charge in [0.05, 0.1) is 18.1 Å². The van der Waals surface area contributed by atoms with E-state index in [-0.39, 0.29) is 16.8 Å². The van der Waals surface area contributed by atoms with Crippen LogP contribution in [0.2, 0.25) is 0 Å². The van der Waals surface area contributed by atoms with Gasteiger partial charge in [0, 0.05) is 29.8 Å². The molecule has 31 heavy (non-hydrogen) atoms. The Balaban J connectivity index is 1.43. The lowest BCUT2D eigenvalue weighted by atomic mass is 9.86. The maximum atomic E-state index is 12.8. The highest BCUT2D eigenvalue weighted by Gasteiger charge is 2.23. The second-order valence-electron chi connectivity index (χ2n) is 8.18. The van der Waals surface area contributed by atoms with Crippen molar-refractivity contribution in [2.75, 3.05) is 17.9 Å². The van der Waals surface area contributed by atoms with E-state index in [4.69, 9.17) is 9.47 Å². The largest absolute Gasteiger partial charge is 0.490 e. The van der Waals surface area contributed by atoms with Crippen LogP contribution in [-0.2, 0) is 10.0 Å². The van der Waals surface area contributed by atoms with Crippen molar-refractivity contribution in [3.8, 4) is 11.5 Å². The number of hydrogen-bond acceptors (Lipinski definition) is 5. The van der Waals surface area contributed by atoms with Crippen LogP contribution in [-0.4, -0.2) is 33.6 Å². The zero-order valence-corrected chi connectivity index (χ0v) is 18.4. The molecule has 1 aliphatic heterocycles. The first kappa shape index (κ1) is 21.5. The number of carbonyl (C=O) groups is 1. The number of nitrogens with one attached hydrogen (secondary N) is 2. The number of sulfonamides is 1. The molecule has 1 fully saturated rings. The fourth-order valence-electron chi connectivity index (χ4n) is 4.00. The fourth-order valence-corrected chi connectivity index (χ4v) is 5.07. The van der Waals surface area contributed by atoms with Crippen LogP contribution in [0.3, 0.4) is 0 Å². The lowest BCUT2D eigenvalue weighted by Crippen LogP contribution is -2.41. The van der Waals surface area contributed by atoms with Gasteiger partial charge in [0.15, 0.2) is 11.5 Å². The van der Waals surface area contributed by atoms with E-state index in [9.17, 15) is 13.2 Å². The summed E-state index contributed by atoms with van der Waals surface area (Å²) >= 11 is 0. The summed E-state index contributed by atoms with van der Waals surface area (Å²) < 4.78 is 39.3. The summed E-state index contributed by atoms with van der Waals surface area (Å²) in [4.78, 5) is 12.7. The number of fused-ring (bicyclic) bond motifs is 1. The molecule has 1 amide bonds. The third kappa shape index (κ3) is 5.12. The molecule has 0 unspecified atom stereocenters. The standard InChI is InChI=1S/C23H28N2O5S/c1-16-5-2-3-6-20(16)24-23(26)17-7-9-18(10-8-17)25-31(27,28)19-11-12-21-22(15-19)30-14-4-13-29-21/h7-12,15-16,20,25H,2-6,13-14H2,1H3,(H,24,26)/t16-,20-/m1/s1. The summed E-state index contributed by atoms with van der Waals surface area (Å²) in [5.74, 6) is 1.30. The highest BCUT2D eigenvalue weighted by Crippen LogP contribution is 2.32. The second-order valence-corrected chi connectivity index (χ2v) is 9.87. The molecule has 0 spiro atoms. The van der Waals surface area contributed by atoms with E-state index in [0.717, 1.165) is 25.7 Å². The minimum Gasteiger partial charge on any atom is -0.490 e. The van der Waals surface area contributed by atoms with Gasteiger partial charge in [0.25, 0.3) is 15.9 Å². The van der Waals surface area contributed by atoms with Crippen molar-refractivity contribution in [3.63, 3.8) is 0 Å². The molecule has 0 saturated heterocycles. The molecule has 1 aliphatic carbocycles. The van der Waals surface area contributed by atoms with Crippen LogP contribution in [0, 0.1) is 5.92 Å². The van der Waals surface area contributed by atoms with Gasteiger partial charge in [0.1, 0.15) is 0 Å². The van der Waals surface area contributed by atoms with E-state index >= 15 is 0 Å². The summed E-state index contributed by atoms with van der Waals surface area (Å²) in [6.45, 7) is 3.19. The van der Waals surface area contributed by atoms with Gasteiger partial charge >= 0.3 is 0 Å². The maximum absolute atomic E-state index is 12.8. The van der Waals surface area contributed by atoms with E-state index in [1.54, 1.807) is 30.3 Å². The molecule has 2 N–H and O–H groups in total. The van der Waals surface area contributed by atoms with Crippen molar-refractivity contribution in [1.82, 2.24) is 5.32 Å². The topological polar surface area (TPSA) is 93.7 Å². The number of amides is 1. The molecule has 7 nitrogen and oxygen atoms in total. The molecule has 2 aromatic carbocycles. The van der Waals surface area contributed by atoms with E-state index in [2.05, 4.69) is 17.0 Å². The second kappa shape index (κ2) is 9.18. The lowest BCUT2D eigenvalue weighted by molar-refractivity contribution is 0.0910. The van der Waals surface area contributed by atoms with E-state index in [1.807, 2.05) is 0 Å². The van der Waals surface area contributed by atoms with E-state index in [0.29, 0.717) is 41.9 Å². The Bertz CT molecular complexity index is 1040. The van der Waals surface area contributed by atoms with Gasteiger partial charge in [-0.25, -0.2) is 8.42 Å². The van der Waals surface area contributed by atoms with Crippen molar-refractivity contribution in [2.24, 2.45) is 5.92 Å². The summed E-state index contributed by atoms with van der Waals surface area (Å²) in [6, 6.07) is 11.2. The summed E-state index contributed by atoms with van der Waals surface area (Å²) in [5.41, 5.74) is 0.894. The van der Waals surface area contributed by atoms with E-state index in [1.165, 1.54) is 18.6 Å². The van der Waals surface area contributed by atoms with Gasteiger partial charge in [-0.15, -0.1) is 0 Å². The molecule has 0 bridgehead atoms. The zero-order chi connectivity index (χ0) is 21.8. The number of hydrogen-bond donors (Lipinski definition) is 2. The average molecular weight is 445 g/mol. The predicted octanol–water partition coefficient (Wildman–Crippen LogP) is 3.96. The normalized spacial score (nSPS) is 21.1. The van der Waals surface area contributed by atoms with Gasteiger partial charge in [-0.3, -0.25) is 9.52 Å². The first-order valence-corrected chi connectivity index (χ1v) is 12.2. The Morgan fingerprint density at radius 3 is 2.39 bits per heavy atom. The average Bonchev–Trinajstić information content (AvgIpc) is 3.00. The monoisotopic (exact) mass is 444 g/mol. The molecular weight excluding hydrogens is 416 g/mol. The molecule has 4 rings (SSSR count). The fraction of sp³-hybridized carbons (Fsp3) is 0.435. The molecule has 2 aromatic rings. The number of benzene rings is 2. The number of carbonyl (C=O) groups excluding carboxylic acids is 1. The van der Waals surface area contributed by atoms with Crippen molar-refractivity contribution < 1.29 is 22.7 Å². The molecule has 1 saturated carbocycles. The Morgan fingerprint density at radius 1 is 0.935 bits per heavy atom. The van der Waals surface area contributed by atoms with Crippen LogP contribution in [0.5, 0.6) is 11.5 Å². The maximum Gasteiger partial charge on any atom is 0.262 e. The van der Waals surface area contributed by atoms with Crippen molar-refractivity contribution in [1.29, 1.82) is 0 Å². The molecular formula is C23H28N2O5S. The lowest BCUT2D eigenvalue weighted by Gasteiger charge is -2.29. The van der Waals surface area contributed by atoms with Gasteiger partial charge in [-0.2, -0.15) is 0 Å². The van der Waals surface area contributed by atoms with Gasteiger partial charge in [0.2, 0.25) is 0 Å². The van der Waals surface area contributed by atoms with Gasteiger partial charge < -0.3 is 14.8 Å². The van der Waals surface area contributed by atoms with Gasteiger partial charge in [-0.05, 0) is 55.2 Å².